The lowest BCUT2D eigenvalue weighted by atomic mass is 9.86. The number of halogens is 1. The van der Waals surface area contributed by atoms with Crippen molar-refractivity contribution in [3.05, 3.63) is 28.8 Å². The molecule has 2 rings (SSSR count). The third kappa shape index (κ3) is 4.39. The first kappa shape index (κ1) is 15.7. The van der Waals surface area contributed by atoms with Crippen LogP contribution in [0.5, 0.6) is 5.75 Å². The highest BCUT2D eigenvalue weighted by Crippen LogP contribution is 2.33. The van der Waals surface area contributed by atoms with E-state index in [1.165, 1.54) is 24.9 Å². The second kappa shape index (κ2) is 6.82. The fourth-order valence-corrected chi connectivity index (χ4v) is 2.89. The minimum atomic E-state index is 0.0482. The van der Waals surface area contributed by atoms with Gasteiger partial charge in [0.05, 0.1) is 6.61 Å². The maximum absolute atomic E-state index is 6.11. The summed E-state index contributed by atoms with van der Waals surface area (Å²) in [6, 6.07) is 5.94. The molecule has 1 aromatic rings. The Bertz CT molecular complexity index is 433. The summed E-state index contributed by atoms with van der Waals surface area (Å²) in [5.74, 6) is 1.74. The van der Waals surface area contributed by atoms with Gasteiger partial charge in [0.2, 0.25) is 0 Å². The molecule has 0 aromatic heterocycles. The summed E-state index contributed by atoms with van der Waals surface area (Å²) in [5.41, 5.74) is 1.24. The van der Waals surface area contributed by atoms with Gasteiger partial charge in [0.25, 0.3) is 0 Å². The Labute approximate surface area is 127 Å². The molecule has 112 valence electrons. The van der Waals surface area contributed by atoms with Crippen molar-refractivity contribution in [2.45, 2.75) is 45.4 Å². The average Bonchev–Trinajstić information content (AvgIpc) is 2.40. The van der Waals surface area contributed by atoms with E-state index >= 15 is 0 Å². The number of piperidine rings is 1. The van der Waals surface area contributed by atoms with E-state index < -0.39 is 0 Å². The molecule has 1 saturated heterocycles. The summed E-state index contributed by atoms with van der Waals surface area (Å²) in [5, 5.41) is 4.23. The van der Waals surface area contributed by atoms with E-state index in [2.05, 4.69) is 26.1 Å². The van der Waals surface area contributed by atoms with Gasteiger partial charge in [-0.3, -0.25) is 0 Å². The number of benzene rings is 1. The van der Waals surface area contributed by atoms with Gasteiger partial charge >= 0.3 is 0 Å². The molecule has 1 aliphatic rings. The third-order valence-electron chi connectivity index (χ3n) is 3.93. The lowest BCUT2D eigenvalue weighted by Gasteiger charge is -2.25. The van der Waals surface area contributed by atoms with Crippen molar-refractivity contribution in [1.82, 2.24) is 5.32 Å². The Morgan fingerprint density at radius 2 is 2.15 bits per heavy atom. The van der Waals surface area contributed by atoms with Crippen LogP contribution in [0.25, 0.3) is 0 Å². The van der Waals surface area contributed by atoms with Crippen LogP contribution >= 0.6 is 11.6 Å². The van der Waals surface area contributed by atoms with Crippen molar-refractivity contribution in [2.75, 3.05) is 19.7 Å². The quantitative estimate of drug-likeness (QED) is 0.888. The van der Waals surface area contributed by atoms with Crippen LogP contribution in [0.2, 0.25) is 5.02 Å². The van der Waals surface area contributed by atoms with Crippen LogP contribution in [0, 0.1) is 5.92 Å². The van der Waals surface area contributed by atoms with Gasteiger partial charge in [-0.25, -0.2) is 0 Å². The van der Waals surface area contributed by atoms with Crippen molar-refractivity contribution in [2.24, 2.45) is 5.92 Å². The SMILES string of the molecule is CC(C)(C)c1cc(Cl)ccc1OCCC1CCCNC1. The molecule has 0 bridgehead atoms. The van der Waals surface area contributed by atoms with Gasteiger partial charge in [-0.15, -0.1) is 0 Å². The highest BCUT2D eigenvalue weighted by molar-refractivity contribution is 6.30. The molecule has 1 heterocycles. The van der Waals surface area contributed by atoms with Gasteiger partial charge in [-0.05, 0) is 61.9 Å². The average molecular weight is 296 g/mol. The normalized spacial score (nSPS) is 19.9. The monoisotopic (exact) mass is 295 g/mol. The van der Waals surface area contributed by atoms with Gasteiger partial charge in [0.15, 0.2) is 0 Å². The van der Waals surface area contributed by atoms with E-state index in [0.29, 0.717) is 0 Å². The Kier molecular flexibility index (Phi) is 5.34. The predicted octanol–water partition coefficient (Wildman–Crippen LogP) is 4.41. The van der Waals surface area contributed by atoms with Crippen molar-refractivity contribution in [1.29, 1.82) is 0 Å². The lowest BCUT2D eigenvalue weighted by Crippen LogP contribution is -2.30. The zero-order chi connectivity index (χ0) is 14.6. The maximum atomic E-state index is 6.11. The molecular weight excluding hydrogens is 270 g/mol. The molecule has 0 amide bonds. The molecule has 0 radical (unpaired) electrons. The number of hydrogen-bond donors (Lipinski definition) is 1. The predicted molar refractivity (Wildman–Crippen MR) is 85.9 cm³/mol. The Morgan fingerprint density at radius 1 is 1.35 bits per heavy atom. The fraction of sp³-hybridized carbons (Fsp3) is 0.647. The molecule has 1 N–H and O–H groups in total. The van der Waals surface area contributed by atoms with E-state index in [0.717, 1.165) is 36.3 Å². The molecule has 2 nitrogen and oxygen atoms in total. The lowest BCUT2D eigenvalue weighted by molar-refractivity contribution is 0.250. The largest absolute Gasteiger partial charge is 0.493 e. The number of nitrogens with one attached hydrogen (secondary N) is 1. The highest BCUT2D eigenvalue weighted by Gasteiger charge is 2.20. The van der Waals surface area contributed by atoms with Gasteiger partial charge in [0, 0.05) is 10.6 Å². The second-order valence-corrected chi connectivity index (χ2v) is 7.18. The standard InChI is InChI=1S/C17H26ClNO/c1-17(2,3)15-11-14(18)6-7-16(15)20-10-8-13-5-4-9-19-12-13/h6-7,11,13,19H,4-5,8-10,12H2,1-3H3. The van der Waals surface area contributed by atoms with Crippen LogP contribution in [0.15, 0.2) is 18.2 Å². The van der Waals surface area contributed by atoms with Crippen molar-refractivity contribution in [3.8, 4) is 5.75 Å². The highest BCUT2D eigenvalue weighted by atomic mass is 35.5. The van der Waals surface area contributed by atoms with Gasteiger partial charge in [0.1, 0.15) is 5.75 Å². The molecule has 1 atom stereocenters. The zero-order valence-corrected chi connectivity index (χ0v) is 13.6. The number of rotatable bonds is 4. The first-order valence-electron chi connectivity index (χ1n) is 7.60. The van der Waals surface area contributed by atoms with E-state index in [9.17, 15) is 0 Å². The van der Waals surface area contributed by atoms with E-state index in [1.54, 1.807) is 0 Å². The summed E-state index contributed by atoms with van der Waals surface area (Å²) < 4.78 is 6.03. The molecule has 1 aromatic carbocycles. The first-order chi connectivity index (χ1) is 9.47. The topological polar surface area (TPSA) is 21.3 Å². The van der Waals surface area contributed by atoms with Crippen molar-refractivity contribution >= 4 is 11.6 Å². The van der Waals surface area contributed by atoms with E-state index in [1.807, 2.05) is 18.2 Å². The van der Waals surface area contributed by atoms with Gasteiger partial charge in [-0.2, -0.15) is 0 Å². The molecule has 1 unspecified atom stereocenters. The summed E-state index contributed by atoms with van der Waals surface area (Å²) >= 11 is 6.11. The Morgan fingerprint density at radius 3 is 2.80 bits per heavy atom. The maximum Gasteiger partial charge on any atom is 0.123 e. The van der Waals surface area contributed by atoms with E-state index in [4.69, 9.17) is 16.3 Å². The molecule has 0 saturated carbocycles. The van der Waals surface area contributed by atoms with Crippen LogP contribution in [-0.2, 0) is 5.41 Å². The minimum Gasteiger partial charge on any atom is -0.493 e. The van der Waals surface area contributed by atoms with Crippen LogP contribution < -0.4 is 10.1 Å². The summed E-state index contributed by atoms with van der Waals surface area (Å²) in [7, 11) is 0. The van der Waals surface area contributed by atoms with E-state index in [-0.39, 0.29) is 5.41 Å². The smallest absolute Gasteiger partial charge is 0.123 e. The minimum absolute atomic E-state index is 0.0482. The molecule has 0 aliphatic carbocycles. The Hall–Kier alpha value is -0.730. The number of hydrogen-bond acceptors (Lipinski definition) is 2. The summed E-state index contributed by atoms with van der Waals surface area (Å²) in [6.45, 7) is 9.67. The number of ether oxygens (including phenoxy) is 1. The molecule has 0 spiro atoms. The molecule has 3 heteroatoms. The fourth-order valence-electron chi connectivity index (χ4n) is 2.72. The van der Waals surface area contributed by atoms with Crippen molar-refractivity contribution in [3.63, 3.8) is 0 Å². The van der Waals surface area contributed by atoms with Crippen LogP contribution in [0.3, 0.4) is 0 Å². The van der Waals surface area contributed by atoms with Gasteiger partial charge in [-0.1, -0.05) is 32.4 Å². The molecule has 20 heavy (non-hydrogen) atoms. The second-order valence-electron chi connectivity index (χ2n) is 6.74. The van der Waals surface area contributed by atoms with Gasteiger partial charge < -0.3 is 10.1 Å². The van der Waals surface area contributed by atoms with Crippen molar-refractivity contribution < 1.29 is 4.74 Å². The summed E-state index contributed by atoms with van der Waals surface area (Å²) in [6.07, 6.45) is 3.74. The summed E-state index contributed by atoms with van der Waals surface area (Å²) in [4.78, 5) is 0. The zero-order valence-electron chi connectivity index (χ0n) is 12.8. The third-order valence-corrected chi connectivity index (χ3v) is 4.17. The van der Waals surface area contributed by atoms with Crippen LogP contribution in [0.1, 0.15) is 45.6 Å². The van der Waals surface area contributed by atoms with Crippen LogP contribution in [0.4, 0.5) is 0 Å². The molecular formula is C17H26ClNO. The van der Waals surface area contributed by atoms with Crippen LogP contribution in [-0.4, -0.2) is 19.7 Å². The first-order valence-corrected chi connectivity index (χ1v) is 7.98. The Balaban J connectivity index is 1.95. The molecule has 1 aliphatic heterocycles. The molecule has 1 fully saturated rings.